The first-order valence-corrected chi connectivity index (χ1v) is 11.2. The Labute approximate surface area is 192 Å². The fourth-order valence-corrected chi connectivity index (χ4v) is 4.13. The number of nitrogens with zero attached hydrogens (tertiary/aromatic N) is 2. The van der Waals surface area contributed by atoms with Gasteiger partial charge in [0.1, 0.15) is 4.90 Å². The molecule has 2 aromatic rings. The maximum absolute atomic E-state index is 13.1. The third-order valence-electron chi connectivity index (χ3n) is 4.73. The highest BCUT2D eigenvalue weighted by molar-refractivity contribution is 7.89. The van der Waals surface area contributed by atoms with Gasteiger partial charge in [-0.15, -0.1) is 0 Å². The minimum Gasteiger partial charge on any atom is -0.326 e. The second-order valence-corrected chi connectivity index (χ2v) is 9.11. The molecule has 0 saturated heterocycles. The number of hydrogen-bond acceptors (Lipinski definition) is 6. The van der Waals surface area contributed by atoms with Crippen LogP contribution >= 0.6 is 11.6 Å². The Morgan fingerprint density at radius 2 is 2.00 bits per heavy atom. The average Bonchev–Trinajstić information content (AvgIpc) is 3.11. The van der Waals surface area contributed by atoms with Crippen LogP contribution in [0.3, 0.4) is 0 Å². The molecule has 0 aromatic heterocycles. The third-order valence-corrected chi connectivity index (χ3v) is 6.04. The number of nitriles is 1. The molecule has 1 heterocycles. The number of nitrogens with two attached hydrogens (primary N) is 1. The molecule has 1 aliphatic rings. The van der Waals surface area contributed by atoms with Crippen molar-refractivity contribution in [2.45, 2.75) is 30.5 Å². The molecule has 33 heavy (non-hydrogen) atoms. The molecule has 0 spiro atoms. The van der Waals surface area contributed by atoms with E-state index < -0.39 is 38.6 Å². The van der Waals surface area contributed by atoms with Gasteiger partial charge in [-0.3, -0.25) is 9.80 Å². The molecule has 13 heteroatoms. The van der Waals surface area contributed by atoms with Crippen molar-refractivity contribution in [3.63, 3.8) is 0 Å². The van der Waals surface area contributed by atoms with Gasteiger partial charge in [-0.1, -0.05) is 11.6 Å². The molecular weight excluding hydrogens is 483 g/mol. The topological polar surface area (TPSA) is 128 Å². The number of nitrogens with one attached hydrogen (secondary N) is 2. The number of carbonyl (C=O) groups is 1. The predicted octanol–water partition coefficient (Wildman–Crippen LogP) is 3.20. The number of primary sulfonamides is 1. The number of hydrogen-bond donors (Lipinski definition) is 3. The summed E-state index contributed by atoms with van der Waals surface area (Å²) in [6.07, 6.45) is -4.07. The number of amides is 1. The second kappa shape index (κ2) is 9.03. The smallest absolute Gasteiger partial charge is 0.326 e. The predicted molar refractivity (Wildman–Crippen MR) is 116 cm³/mol. The van der Waals surface area contributed by atoms with E-state index in [2.05, 4.69) is 10.7 Å². The van der Waals surface area contributed by atoms with Crippen LogP contribution in [0, 0.1) is 11.3 Å². The highest BCUT2D eigenvalue weighted by Crippen LogP contribution is 2.35. The molecule has 0 radical (unpaired) electrons. The van der Waals surface area contributed by atoms with Gasteiger partial charge in [-0.05, 0) is 48.9 Å². The number of hydrazine groups is 1. The highest BCUT2D eigenvalue weighted by Gasteiger charge is 2.41. The normalized spacial score (nSPS) is 16.3. The standard InChI is InChI=1S/C20H17ClF3N5O3S/c1-11-15(20(22,23)24)10-29(28-11)17-5-3-14(8-18(17)33(26,31)32)27-19(30)7-13-6-12(9-25)2-4-16(13)21/h2-6,8,10-11,28H,7H2,1H3,(H,27,30)(H2,26,31,32). The van der Waals surface area contributed by atoms with Crippen molar-refractivity contribution in [1.82, 2.24) is 5.43 Å². The number of anilines is 2. The van der Waals surface area contributed by atoms with E-state index in [0.717, 1.165) is 17.3 Å². The third kappa shape index (κ3) is 5.63. The van der Waals surface area contributed by atoms with E-state index in [1.54, 1.807) is 0 Å². The second-order valence-electron chi connectivity index (χ2n) is 7.17. The van der Waals surface area contributed by atoms with Crippen LogP contribution in [0.5, 0.6) is 0 Å². The Bertz CT molecular complexity index is 1290. The quantitative estimate of drug-likeness (QED) is 0.579. The SMILES string of the molecule is CC1NN(c2ccc(NC(=O)Cc3cc(C#N)ccc3Cl)cc2S(N)(=O)=O)C=C1C(F)(F)F. The van der Waals surface area contributed by atoms with Gasteiger partial charge in [0.05, 0.1) is 35.4 Å². The van der Waals surface area contributed by atoms with Crippen LogP contribution in [0.2, 0.25) is 5.02 Å². The molecule has 0 fully saturated rings. The Balaban J connectivity index is 1.89. The fourth-order valence-electron chi connectivity index (χ4n) is 3.20. The van der Waals surface area contributed by atoms with Gasteiger partial charge in [0, 0.05) is 16.9 Å². The van der Waals surface area contributed by atoms with Gasteiger partial charge >= 0.3 is 6.18 Å². The van der Waals surface area contributed by atoms with Crippen LogP contribution in [0.25, 0.3) is 0 Å². The molecule has 1 amide bonds. The zero-order valence-electron chi connectivity index (χ0n) is 16.9. The van der Waals surface area contributed by atoms with Gasteiger partial charge in [-0.2, -0.15) is 18.4 Å². The van der Waals surface area contributed by atoms with Gasteiger partial charge in [0.25, 0.3) is 0 Å². The average molecular weight is 500 g/mol. The van der Waals surface area contributed by atoms with Crippen molar-refractivity contribution in [1.29, 1.82) is 5.26 Å². The lowest BCUT2D eigenvalue weighted by molar-refractivity contribution is -0.115. The van der Waals surface area contributed by atoms with Gasteiger partial charge < -0.3 is 5.32 Å². The van der Waals surface area contributed by atoms with Crippen LogP contribution in [0.15, 0.2) is 53.1 Å². The minimum atomic E-state index is -4.61. The number of sulfonamides is 1. The van der Waals surface area contributed by atoms with Gasteiger partial charge in [0.2, 0.25) is 15.9 Å². The first-order valence-electron chi connectivity index (χ1n) is 9.29. The van der Waals surface area contributed by atoms with Crippen molar-refractivity contribution < 1.29 is 26.4 Å². The zero-order valence-corrected chi connectivity index (χ0v) is 18.5. The van der Waals surface area contributed by atoms with Crippen molar-refractivity contribution in [2.24, 2.45) is 5.14 Å². The molecule has 174 valence electrons. The summed E-state index contributed by atoms with van der Waals surface area (Å²) in [6, 6.07) is 8.81. The summed E-state index contributed by atoms with van der Waals surface area (Å²) in [5, 5.41) is 17.9. The van der Waals surface area contributed by atoms with Crippen molar-refractivity contribution in [3.05, 3.63) is 64.3 Å². The van der Waals surface area contributed by atoms with Crippen molar-refractivity contribution >= 4 is 38.9 Å². The monoisotopic (exact) mass is 499 g/mol. The van der Waals surface area contributed by atoms with Crippen molar-refractivity contribution in [2.75, 3.05) is 10.3 Å². The highest BCUT2D eigenvalue weighted by atomic mass is 35.5. The number of halogens is 4. The van der Waals surface area contributed by atoms with Crippen LogP contribution in [-0.2, 0) is 21.2 Å². The molecule has 1 unspecified atom stereocenters. The summed E-state index contributed by atoms with van der Waals surface area (Å²) in [7, 11) is -4.37. The van der Waals surface area contributed by atoms with E-state index in [1.165, 1.54) is 37.3 Å². The summed E-state index contributed by atoms with van der Waals surface area (Å²) < 4.78 is 63.7. The molecular formula is C20H17ClF3N5O3S. The molecule has 8 nitrogen and oxygen atoms in total. The molecule has 3 rings (SSSR count). The molecule has 1 atom stereocenters. The molecule has 0 bridgehead atoms. The van der Waals surface area contributed by atoms with Gasteiger partial charge in [0.15, 0.2) is 0 Å². The number of carbonyl (C=O) groups excluding carboxylic acids is 1. The van der Waals surface area contributed by atoms with Crippen molar-refractivity contribution in [3.8, 4) is 6.07 Å². The molecule has 2 aromatic carbocycles. The zero-order chi connectivity index (χ0) is 24.6. The van der Waals surface area contributed by atoms with E-state index in [-0.39, 0.29) is 22.8 Å². The number of benzene rings is 2. The van der Waals surface area contributed by atoms with E-state index in [0.29, 0.717) is 11.1 Å². The maximum Gasteiger partial charge on any atom is 0.415 e. The van der Waals surface area contributed by atoms with Gasteiger partial charge in [-0.25, -0.2) is 19.0 Å². The van der Waals surface area contributed by atoms with Crippen LogP contribution in [-0.4, -0.2) is 26.5 Å². The number of rotatable bonds is 5. The van der Waals surface area contributed by atoms with E-state index in [9.17, 15) is 26.4 Å². The Hall–Kier alpha value is -3.11. The molecule has 1 aliphatic heterocycles. The lowest BCUT2D eigenvalue weighted by atomic mass is 10.1. The Kier molecular flexibility index (Phi) is 6.71. The van der Waals surface area contributed by atoms with Crippen LogP contribution < -0.4 is 20.9 Å². The summed E-state index contributed by atoms with van der Waals surface area (Å²) in [5.41, 5.74) is 2.22. The summed E-state index contributed by atoms with van der Waals surface area (Å²) >= 11 is 6.05. The first-order chi connectivity index (χ1) is 15.3. The largest absolute Gasteiger partial charge is 0.415 e. The Morgan fingerprint density at radius 3 is 2.58 bits per heavy atom. The number of alkyl halides is 3. The lowest BCUT2D eigenvalue weighted by Crippen LogP contribution is -2.36. The summed E-state index contributed by atoms with van der Waals surface area (Å²) in [5.74, 6) is -0.563. The Morgan fingerprint density at radius 1 is 1.30 bits per heavy atom. The fraction of sp³-hybridized carbons (Fsp3) is 0.200. The molecule has 0 saturated carbocycles. The molecule has 4 N–H and O–H groups in total. The summed E-state index contributed by atoms with van der Waals surface area (Å²) in [4.78, 5) is 11.9. The molecule has 0 aliphatic carbocycles. The first kappa shape index (κ1) is 24.5. The van der Waals surface area contributed by atoms with E-state index in [1.807, 2.05) is 6.07 Å². The lowest BCUT2D eigenvalue weighted by Gasteiger charge is -2.21. The minimum absolute atomic E-state index is 0.0487. The van der Waals surface area contributed by atoms with Crippen LogP contribution in [0.1, 0.15) is 18.1 Å². The summed E-state index contributed by atoms with van der Waals surface area (Å²) in [6.45, 7) is 1.27. The van der Waals surface area contributed by atoms with Crippen LogP contribution in [0.4, 0.5) is 24.5 Å². The maximum atomic E-state index is 13.1. The van der Waals surface area contributed by atoms with E-state index in [4.69, 9.17) is 22.0 Å². The van der Waals surface area contributed by atoms with E-state index >= 15 is 0 Å².